The van der Waals surface area contributed by atoms with Gasteiger partial charge in [0.1, 0.15) is 18.1 Å². The van der Waals surface area contributed by atoms with Crippen LogP contribution in [0.1, 0.15) is 40.0 Å². The number of aliphatic carboxylic acids is 1. The van der Waals surface area contributed by atoms with Gasteiger partial charge in [0.05, 0.1) is 12.6 Å². The number of carbonyl (C=O) groups is 4. The molecule has 5 atom stereocenters. The van der Waals surface area contributed by atoms with Gasteiger partial charge in [-0.1, -0.05) is 20.3 Å². The number of nitrogens with zero attached hydrogens (tertiary/aromatic N) is 1. The smallest absolute Gasteiger partial charge is 0.328 e. The largest absolute Gasteiger partial charge is 0.480 e. The van der Waals surface area contributed by atoms with Crippen LogP contribution in [0, 0.1) is 5.92 Å². The summed E-state index contributed by atoms with van der Waals surface area (Å²) in [5.74, 6) is -3.62. The number of aliphatic hydroxyl groups excluding tert-OH is 1. The Kier molecular flexibility index (Phi) is 12.8. The fraction of sp³-hybridized carbons (Fsp3) is 0.722. The van der Waals surface area contributed by atoms with Crippen molar-refractivity contribution >= 4 is 29.7 Å². The van der Waals surface area contributed by atoms with Crippen LogP contribution in [-0.2, 0) is 19.2 Å². The van der Waals surface area contributed by atoms with Crippen molar-refractivity contribution in [3.05, 3.63) is 0 Å². The molecule has 0 aliphatic rings. The molecule has 0 saturated heterocycles. The van der Waals surface area contributed by atoms with E-state index in [1.165, 1.54) is 6.92 Å². The number of guanidine groups is 1. The van der Waals surface area contributed by atoms with Gasteiger partial charge in [-0.25, -0.2) is 4.79 Å². The lowest BCUT2D eigenvalue weighted by molar-refractivity contribution is -0.143. The van der Waals surface area contributed by atoms with E-state index < -0.39 is 54.5 Å². The summed E-state index contributed by atoms with van der Waals surface area (Å²) in [5, 5.41) is 25.0. The molecule has 0 bridgehead atoms. The van der Waals surface area contributed by atoms with E-state index in [0.717, 1.165) is 0 Å². The predicted octanol–water partition coefficient (Wildman–Crippen LogP) is -3.04. The van der Waals surface area contributed by atoms with Crippen LogP contribution in [0.4, 0.5) is 0 Å². The third kappa shape index (κ3) is 10.6. The zero-order valence-corrected chi connectivity index (χ0v) is 18.1. The van der Waals surface area contributed by atoms with E-state index in [2.05, 4.69) is 20.9 Å². The SMILES string of the molecule is CCC(C)C(N)C(=O)NC(CCCN=C(N)N)C(=O)NC(C)C(=O)NC(CO)C(=O)O. The predicted molar refractivity (Wildman–Crippen MR) is 114 cm³/mol. The van der Waals surface area contributed by atoms with E-state index >= 15 is 0 Å². The normalized spacial score (nSPS) is 15.5. The Bertz CT molecular complexity index is 653. The summed E-state index contributed by atoms with van der Waals surface area (Å²) in [4.78, 5) is 52.0. The molecule has 0 heterocycles. The van der Waals surface area contributed by atoms with Crippen LogP contribution in [0.3, 0.4) is 0 Å². The summed E-state index contributed by atoms with van der Waals surface area (Å²) in [6.07, 6.45) is 1.20. The molecule has 0 radical (unpaired) electrons. The van der Waals surface area contributed by atoms with Gasteiger partial charge in [0.15, 0.2) is 5.96 Å². The standard InChI is InChI=1S/C18H35N7O6/c1-4-9(2)13(19)16(29)24-11(6-5-7-22-18(20)21)15(28)23-10(3)14(27)25-12(8-26)17(30)31/h9-13,26H,4-8,19H2,1-3H3,(H,23,28)(H,24,29)(H,25,27)(H,30,31)(H4,20,21,22). The number of carboxylic acid groups (broad SMARTS) is 1. The van der Waals surface area contributed by atoms with Crippen molar-refractivity contribution in [2.24, 2.45) is 28.1 Å². The van der Waals surface area contributed by atoms with Crippen molar-refractivity contribution in [3.63, 3.8) is 0 Å². The number of hydrogen-bond donors (Lipinski definition) is 8. The molecule has 0 aliphatic carbocycles. The quantitative estimate of drug-likeness (QED) is 0.0769. The molecule has 0 aliphatic heterocycles. The molecule has 0 aromatic carbocycles. The van der Waals surface area contributed by atoms with Crippen molar-refractivity contribution in [1.82, 2.24) is 16.0 Å². The molecule has 0 aromatic heterocycles. The third-order valence-electron chi connectivity index (χ3n) is 4.69. The molecule has 31 heavy (non-hydrogen) atoms. The summed E-state index contributed by atoms with van der Waals surface area (Å²) < 4.78 is 0. The first-order valence-corrected chi connectivity index (χ1v) is 10.00. The second-order valence-electron chi connectivity index (χ2n) is 7.23. The number of nitrogens with one attached hydrogen (secondary N) is 3. The van der Waals surface area contributed by atoms with Crippen molar-refractivity contribution in [2.75, 3.05) is 13.2 Å². The van der Waals surface area contributed by atoms with Gasteiger partial charge in [0.25, 0.3) is 0 Å². The van der Waals surface area contributed by atoms with E-state index in [9.17, 15) is 19.2 Å². The van der Waals surface area contributed by atoms with E-state index in [-0.39, 0.29) is 24.8 Å². The molecule has 0 fully saturated rings. The van der Waals surface area contributed by atoms with Gasteiger partial charge < -0.3 is 43.4 Å². The molecule has 0 saturated carbocycles. The number of carbonyl (C=O) groups excluding carboxylic acids is 3. The molecule has 13 heteroatoms. The lowest BCUT2D eigenvalue weighted by atomic mass is 9.98. The maximum atomic E-state index is 12.7. The Morgan fingerprint density at radius 3 is 2.03 bits per heavy atom. The second kappa shape index (κ2) is 14.1. The zero-order valence-electron chi connectivity index (χ0n) is 18.1. The van der Waals surface area contributed by atoms with Gasteiger partial charge in [-0.15, -0.1) is 0 Å². The van der Waals surface area contributed by atoms with Gasteiger partial charge >= 0.3 is 5.97 Å². The van der Waals surface area contributed by atoms with E-state index in [0.29, 0.717) is 12.8 Å². The lowest BCUT2D eigenvalue weighted by Crippen LogP contribution is -2.57. The monoisotopic (exact) mass is 445 g/mol. The maximum absolute atomic E-state index is 12.7. The first-order valence-electron chi connectivity index (χ1n) is 10.00. The molecule has 0 aromatic rings. The van der Waals surface area contributed by atoms with Crippen LogP contribution in [0.5, 0.6) is 0 Å². The number of carboxylic acids is 1. The summed E-state index contributed by atoms with van der Waals surface area (Å²) in [7, 11) is 0. The molecule has 5 unspecified atom stereocenters. The van der Waals surface area contributed by atoms with Crippen molar-refractivity contribution in [1.29, 1.82) is 0 Å². The van der Waals surface area contributed by atoms with Gasteiger partial charge in [-0.05, 0) is 25.7 Å². The fourth-order valence-corrected chi connectivity index (χ4v) is 2.41. The Morgan fingerprint density at radius 2 is 1.55 bits per heavy atom. The minimum Gasteiger partial charge on any atom is -0.480 e. The van der Waals surface area contributed by atoms with Crippen molar-refractivity contribution in [2.45, 2.75) is 64.2 Å². The average Bonchev–Trinajstić information content (AvgIpc) is 2.71. The fourth-order valence-electron chi connectivity index (χ4n) is 2.41. The molecule has 0 spiro atoms. The number of rotatable bonds is 14. The Hall–Kier alpha value is -2.93. The van der Waals surface area contributed by atoms with E-state index in [4.69, 9.17) is 27.4 Å². The Labute approximate surface area is 181 Å². The summed E-state index contributed by atoms with van der Waals surface area (Å²) in [6, 6.07) is -4.46. The van der Waals surface area contributed by atoms with Crippen LogP contribution < -0.4 is 33.2 Å². The van der Waals surface area contributed by atoms with Crippen LogP contribution in [0.2, 0.25) is 0 Å². The molecule has 178 valence electrons. The zero-order chi connectivity index (χ0) is 24.1. The summed E-state index contributed by atoms with van der Waals surface area (Å²) in [5.41, 5.74) is 16.5. The van der Waals surface area contributed by atoms with Gasteiger partial charge in [0.2, 0.25) is 17.7 Å². The Balaban J connectivity index is 5.16. The molecule has 0 rings (SSSR count). The molecular weight excluding hydrogens is 410 g/mol. The minimum absolute atomic E-state index is 0.106. The highest BCUT2D eigenvalue weighted by Crippen LogP contribution is 2.07. The van der Waals surface area contributed by atoms with E-state index in [1.54, 1.807) is 0 Å². The third-order valence-corrected chi connectivity index (χ3v) is 4.69. The van der Waals surface area contributed by atoms with Gasteiger partial charge in [-0.2, -0.15) is 0 Å². The van der Waals surface area contributed by atoms with Crippen molar-refractivity contribution in [3.8, 4) is 0 Å². The number of hydrogen-bond acceptors (Lipinski definition) is 7. The highest BCUT2D eigenvalue weighted by Gasteiger charge is 2.29. The molecular formula is C18H35N7O6. The molecule has 11 N–H and O–H groups in total. The van der Waals surface area contributed by atoms with Crippen LogP contribution >= 0.6 is 0 Å². The lowest BCUT2D eigenvalue weighted by Gasteiger charge is -2.24. The second-order valence-corrected chi connectivity index (χ2v) is 7.23. The molecule has 3 amide bonds. The molecule has 13 nitrogen and oxygen atoms in total. The summed E-state index contributed by atoms with van der Waals surface area (Å²) >= 11 is 0. The average molecular weight is 446 g/mol. The van der Waals surface area contributed by atoms with E-state index in [1.807, 2.05) is 13.8 Å². The minimum atomic E-state index is -1.50. The first kappa shape index (κ1) is 28.1. The highest BCUT2D eigenvalue weighted by molar-refractivity contribution is 5.93. The van der Waals surface area contributed by atoms with Gasteiger partial charge in [-0.3, -0.25) is 19.4 Å². The van der Waals surface area contributed by atoms with Crippen LogP contribution in [0.25, 0.3) is 0 Å². The number of aliphatic imine (C=N–C) groups is 1. The number of nitrogens with two attached hydrogens (primary N) is 3. The van der Waals surface area contributed by atoms with Crippen LogP contribution in [0.15, 0.2) is 4.99 Å². The van der Waals surface area contributed by atoms with Crippen molar-refractivity contribution < 1.29 is 29.4 Å². The number of aliphatic hydroxyl groups is 1. The highest BCUT2D eigenvalue weighted by atomic mass is 16.4. The topological polar surface area (TPSA) is 235 Å². The number of amides is 3. The first-order chi connectivity index (χ1) is 14.4. The summed E-state index contributed by atoms with van der Waals surface area (Å²) in [6.45, 7) is 4.45. The van der Waals surface area contributed by atoms with Crippen LogP contribution in [-0.4, -0.2) is 77.2 Å². The van der Waals surface area contributed by atoms with Gasteiger partial charge in [0, 0.05) is 6.54 Å². The Morgan fingerprint density at radius 1 is 0.968 bits per heavy atom. The maximum Gasteiger partial charge on any atom is 0.328 e.